The van der Waals surface area contributed by atoms with Crippen LogP contribution in [0.3, 0.4) is 0 Å². The van der Waals surface area contributed by atoms with Crippen LogP contribution in [0.5, 0.6) is 0 Å². The highest BCUT2D eigenvalue weighted by Crippen LogP contribution is 2.38. The van der Waals surface area contributed by atoms with E-state index < -0.39 is 21.6 Å². The lowest BCUT2D eigenvalue weighted by molar-refractivity contribution is -0.140. The monoisotopic (exact) mass is 292 g/mol. The van der Waals surface area contributed by atoms with Gasteiger partial charge in [-0.1, -0.05) is 26.2 Å². The minimum absolute atomic E-state index is 0.0310. The van der Waals surface area contributed by atoms with E-state index in [4.69, 9.17) is 5.11 Å². The van der Waals surface area contributed by atoms with E-state index in [-0.39, 0.29) is 13.0 Å². The molecule has 0 spiro atoms. The molecule has 0 aliphatic heterocycles. The van der Waals surface area contributed by atoms with Crippen molar-refractivity contribution in [1.29, 1.82) is 0 Å². The predicted molar refractivity (Wildman–Crippen MR) is 73.0 cm³/mol. The van der Waals surface area contributed by atoms with Gasteiger partial charge in [-0.2, -0.15) is 8.42 Å². The molecule has 0 amide bonds. The van der Waals surface area contributed by atoms with Gasteiger partial charge in [-0.25, -0.2) is 9.44 Å². The van der Waals surface area contributed by atoms with Crippen LogP contribution in [0, 0.1) is 5.41 Å². The van der Waals surface area contributed by atoms with Gasteiger partial charge >= 0.3 is 5.97 Å². The number of hydrogen-bond acceptors (Lipinski definition) is 3. The SMILES string of the molecule is CCCNS(=O)(=O)NCC1(CC(=O)O)CCCCC1. The molecule has 0 aromatic heterocycles. The Morgan fingerprint density at radius 3 is 2.37 bits per heavy atom. The van der Waals surface area contributed by atoms with Gasteiger partial charge in [0.2, 0.25) is 0 Å². The summed E-state index contributed by atoms with van der Waals surface area (Å²) in [4.78, 5) is 11.0. The second-order valence-electron chi connectivity index (χ2n) is 5.35. The molecule has 0 atom stereocenters. The molecule has 0 aromatic rings. The number of nitrogens with one attached hydrogen (secondary N) is 2. The minimum Gasteiger partial charge on any atom is -0.481 e. The third-order valence-electron chi connectivity index (χ3n) is 3.62. The van der Waals surface area contributed by atoms with Crippen molar-refractivity contribution >= 4 is 16.2 Å². The van der Waals surface area contributed by atoms with Gasteiger partial charge in [0, 0.05) is 13.1 Å². The standard InChI is InChI=1S/C12H24N2O4S/c1-2-8-13-19(17,18)14-10-12(9-11(15)16)6-4-3-5-7-12/h13-14H,2-10H2,1H3,(H,15,16). The Morgan fingerprint density at radius 1 is 1.21 bits per heavy atom. The molecule has 6 nitrogen and oxygen atoms in total. The van der Waals surface area contributed by atoms with E-state index in [2.05, 4.69) is 9.44 Å². The Hall–Kier alpha value is -0.660. The average molecular weight is 292 g/mol. The summed E-state index contributed by atoms with van der Waals surface area (Å²) in [5, 5.41) is 9.01. The third-order valence-corrected chi connectivity index (χ3v) is 4.73. The van der Waals surface area contributed by atoms with Crippen molar-refractivity contribution < 1.29 is 18.3 Å². The quantitative estimate of drug-likeness (QED) is 0.627. The molecule has 3 N–H and O–H groups in total. The maximum atomic E-state index is 11.7. The van der Waals surface area contributed by atoms with Crippen LogP contribution in [0.4, 0.5) is 0 Å². The van der Waals surface area contributed by atoms with Crippen LogP contribution in [0.25, 0.3) is 0 Å². The zero-order chi connectivity index (χ0) is 14.4. The first kappa shape index (κ1) is 16.4. The van der Waals surface area contributed by atoms with Crippen molar-refractivity contribution in [3.05, 3.63) is 0 Å². The van der Waals surface area contributed by atoms with Gasteiger partial charge in [-0.3, -0.25) is 4.79 Å². The number of hydrogen-bond donors (Lipinski definition) is 3. The Morgan fingerprint density at radius 2 is 1.84 bits per heavy atom. The first-order valence-corrected chi connectivity index (χ1v) is 8.33. The molecule has 1 aliphatic carbocycles. The number of carbonyl (C=O) groups is 1. The lowest BCUT2D eigenvalue weighted by atomic mass is 9.72. The molecule has 112 valence electrons. The van der Waals surface area contributed by atoms with Crippen LogP contribution in [-0.2, 0) is 15.0 Å². The number of aliphatic carboxylic acids is 1. The zero-order valence-corrected chi connectivity index (χ0v) is 12.3. The van der Waals surface area contributed by atoms with Gasteiger partial charge in [-0.15, -0.1) is 0 Å². The average Bonchev–Trinajstić information content (AvgIpc) is 2.35. The molecule has 0 bridgehead atoms. The van der Waals surface area contributed by atoms with E-state index in [0.717, 1.165) is 38.5 Å². The summed E-state index contributed by atoms with van der Waals surface area (Å²) in [5.74, 6) is -0.859. The molecular formula is C12H24N2O4S. The van der Waals surface area contributed by atoms with Crippen molar-refractivity contribution in [2.45, 2.75) is 51.9 Å². The Kier molecular flexibility index (Phi) is 6.22. The van der Waals surface area contributed by atoms with Gasteiger partial charge in [0.05, 0.1) is 6.42 Å². The molecule has 0 heterocycles. The highest BCUT2D eigenvalue weighted by Gasteiger charge is 2.35. The van der Waals surface area contributed by atoms with Crippen molar-refractivity contribution in [1.82, 2.24) is 9.44 Å². The molecule has 1 fully saturated rings. The van der Waals surface area contributed by atoms with E-state index in [1.807, 2.05) is 6.92 Å². The van der Waals surface area contributed by atoms with Crippen LogP contribution in [0.15, 0.2) is 0 Å². The molecule has 0 aromatic carbocycles. The summed E-state index contributed by atoms with van der Waals surface area (Å²) in [6.07, 6.45) is 5.34. The fourth-order valence-corrected chi connectivity index (χ4v) is 3.65. The fourth-order valence-electron chi connectivity index (χ4n) is 2.57. The van der Waals surface area contributed by atoms with Crippen molar-refractivity contribution in [3.8, 4) is 0 Å². The lowest BCUT2D eigenvalue weighted by Crippen LogP contribution is -2.44. The van der Waals surface area contributed by atoms with Crippen molar-refractivity contribution in [2.75, 3.05) is 13.1 Å². The summed E-state index contributed by atoms with van der Waals surface area (Å²) in [6.45, 7) is 2.48. The van der Waals surface area contributed by atoms with Crippen molar-refractivity contribution in [2.24, 2.45) is 5.41 Å². The molecular weight excluding hydrogens is 268 g/mol. The van der Waals surface area contributed by atoms with E-state index in [9.17, 15) is 13.2 Å². The fraction of sp³-hybridized carbons (Fsp3) is 0.917. The number of rotatable bonds is 8. The van der Waals surface area contributed by atoms with Gasteiger partial charge in [-0.05, 0) is 24.7 Å². The molecule has 19 heavy (non-hydrogen) atoms. The summed E-state index contributed by atoms with van der Waals surface area (Å²) >= 11 is 0. The smallest absolute Gasteiger partial charge is 0.303 e. The summed E-state index contributed by atoms with van der Waals surface area (Å²) < 4.78 is 28.3. The Bertz CT molecular complexity index is 389. The summed E-state index contributed by atoms with van der Waals surface area (Å²) in [7, 11) is -3.51. The van der Waals surface area contributed by atoms with Crippen LogP contribution in [-0.4, -0.2) is 32.6 Å². The number of carboxylic acid groups (broad SMARTS) is 1. The third kappa shape index (κ3) is 5.88. The van der Waals surface area contributed by atoms with Crippen LogP contribution in [0.2, 0.25) is 0 Å². The van der Waals surface area contributed by atoms with Gasteiger partial charge in [0.1, 0.15) is 0 Å². The molecule has 0 radical (unpaired) electrons. The Balaban J connectivity index is 2.60. The van der Waals surface area contributed by atoms with E-state index in [0.29, 0.717) is 6.54 Å². The normalized spacial score (nSPS) is 19.2. The second-order valence-corrected chi connectivity index (χ2v) is 6.93. The first-order chi connectivity index (χ1) is 8.89. The van der Waals surface area contributed by atoms with Gasteiger partial charge < -0.3 is 5.11 Å². The predicted octanol–water partition coefficient (Wildman–Crippen LogP) is 1.25. The summed E-state index contributed by atoms with van der Waals surface area (Å²) in [5.41, 5.74) is -0.426. The molecule has 1 aliphatic rings. The van der Waals surface area contributed by atoms with Crippen molar-refractivity contribution in [3.63, 3.8) is 0 Å². The highest BCUT2D eigenvalue weighted by molar-refractivity contribution is 7.87. The van der Waals surface area contributed by atoms with Gasteiger partial charge in [0.15, 0.2) is 0 Å². The molecule has 1 rings (SSSR count). The van der Waals surface area contributed by atoms with E-state index in [1.54, 1.807) is 0 Å². The van der Waals surface area contributed by atoms with Crippen LogP contribution < -0.4 is 9.44 Å². The highest BCUT2D eigenvalue weighted by atomic mass is 32.2. The molecule has 7 heteroatoms. The first-order valence-electron chi connectivity index (χ1n) is 6.85. The van der Waals surface area contributed by atoms with Crippen LogP contribution >= 0.6 is 0 Å². The van der Waals surface area contributed by atoms with Gasteiger partial charge in [0.25, 0.3) is 10.2 Å². The lowest BCUT2D eigenvalue weighted by Gasteiger charge is -2.36. The van der Waals surface area contributed by atoms with E-state index in [1.165, 1.54) is 0 Å². The minimum atomic E-state index is -3.51. The maximum absolute atomic E-state index is 11.7. The largest absolute Gasteiger partial charge is 0.481 e. The van der Waals surface area contributed by atoms with Crippen LogP contribution in [0.1, 0.15) is 51.9 Å². The molecule has 1 saturated carbocycles. The zero-order valence-electron chi connectivity index (χ0n) is 11.4. The second kappa shape index (κ2) is 7.21. The Labute approximate surface area is 115 Å². The topological polar surface area (TPSA) is 95.5 Å². The number of carboxylic acids is 1. The summed E-state index contributed by atoms with van der Waals surface area (Å²) in [6, 6.07) is 0. The maximum Gasteiger partial charge on any atom is 0.303 e. The van der Waals surface area contributed by atoms with E-state index >= 15 is 0 Å². The molecule has 0 saturated heterocycles. The molecule has 0 unspecified atom stereocenters.